The maximum atomic E-state index is 10.6. The summed E-state index contributed by atoms with van der Waals surface area (Å²) in [5.74, 6) is -0.257. The number of allylic oxidation sites excluding steroid dienone is 2. The molecule has 0 fully saturated rings. The topological polar surface area (TPSA) is 40.9 Å². The average molecular weight is 121 g/mol. The van der Waals surface area contributed by atoms with Crippen LogP contribution in [0.1, 0.15) is 6.42 Å². The molecule has 0 rings (SSSR count). The van der Waals surface area contributed by atoms with Gasteiger partial charge in [-0.2, -0.15) is 5.26 Å². The number of hydrogen-bond acceptors (Lipinski definition) is 2. The van der Waals surface area contributed by atoms with E-state index in [0.29, 0.717) is 5.57 Å². The fourth-order valence-corrected chi connectivity index (χ4v) is 0.299. The second-order valence-corrected chi connectivity index (χ2v) is 1.49. The van der Waals surface area contributed by atoms with Crippen molar-refractivity contribution in [2.45, 2.75) is 6.42 Å². The van der Waals surface area contributed by atoms with E-state index in [1.807, 2.05) is 0 Å². The third kappa shape index (κ3) is 2.45. The SMILES string of the molecule is C=CC(=C)C(=O)CC#N. The van der Waals surface area contributed by atoms with Crippen LogP contribution >= 0.6 is 0 Å². The highest BCUT2D eigenvalue weighted by molar-refractivity contribution is 5.98. The maximum absolute atomic E-state index is 10.6. The quantitative estimate of drug-likeness (QED) is 0.416. The van der Waals surface area contributed by atoms with Crippen LogP contribution in [0, 0.1) is 11.3 Å². The van der Waals surface area contributed by atoms with Crippen LogP contribution in [-0.4, -0.2) is 5.78 Å². The van der Waals surface area contributed by atoms with E-state index in [0.717, 1.165) is 0 Å². The first-order chi connectivity index (χ1) is 4.22. The van der Waals surface area contributed by atoms with Gasteiger partial charge in [0.15, 0.2) is 5.78 Å². The minimum absolute atomic E-state index is 0.106. The van der Waals surface area contributed by atoms with Gasteiger partial charge >= 0.3 is 0 Å². The summed E-state index contributed by atoms with van der Waals surface area (Å²) in [6.45, 7) is 6.71. The summed E-state index contributed by atoms with van der Waals surface area (Å²) in [5.41, 5.74) is 0.302. The van der Waals surface area contributed by atoms with Crippen molar-refractivity contribution in [1.29, 1.82) is 5.26 Å². The number of Topliss-reactive ketones (excluding diaryl/α,β-unsaturated/α-hetero) is 1. The van der Waals surface area contributed by atoms with E-state index in [1.165, 1.54) is 6.08 Å². The average Bonchev–Trinajstić information content (AvgIpc) is 1.87. The molecular weight excluding hydrogens is 114 g/mol. The Kier molecular flexibility index (Phi) is 3.07. The van der Waals surface area contributed by atoms with Crippen molar-refractivity contribution < 1.29 is 4.79 Å². The predicted octanol–water partition coefficient (Wildman–Crippen LogP) is 1.21. The predicted molar refractivity (Wildman–Crippen MR) is 34.6 cm³/mol. The molecule has 0 heterocycles. The van der Waals surface area contributed by atoms with Crippen LogP contribution in [0.5, 0.6) is 0 Å². The Morgan fingerprint density at radius 3 is 2.67 bits per heavy atom. The molecule has 0 spiro atoms. The molecule has 0 radical (unpaired) electrons. The second-order valence-electron chi connectivity index (χ2n) is 1.49. The molecule has 0 aliphatic rings. The number of nitriles is 1. The minimum atomic E-state index is -0.257. The Labute approximate surface area is 54.1 Å². The number of carbonyl (C=O) groups excluding carboxylic acids is 1. The van der Waals surface area contributed by atoms with E-state index in [1.54, 1.807) is 6.07 Å². The van der Waals surface area contributed by atoms with E-state index >= 15 is 0 Å². The van der Waals surface area contributed by atoms with Gasteiger partial charge in [0.05, 0.1) is 12.5 Å². The molecular formula is C7H7NO. The lowest BCUT2D eigenvalue weighted by atomic mass is 10.1. The number of ketones is 1. The summed E-state index contributed by atoms with van der Waals surface area (Å²) in [6, 6.07) is 1.72. The third-order valence-corrected chi connectivity index (χ3v) is 0.844. The standard InChI is InChI=1S/C7H7NO/c1-3-6(2)7(9)4-5-8/h3H,1-2,4H2. The van der Waals surface area contributed by atoms with Crippen molar-refractivity contribution in [1.82, 2.24) is 0 Å². The summed E-state index contributed by atoms with van der Waals surface area (Å²) in [5, 5.41) is 8.03. The maximum Gasteiger partial charge on any atom is 0.176 e. The highest BCUT2D eigenvalue weighted by Crippen LogP contribution is 1.95. The van der Waals surface area contributed by atoms with Gasteiger partial charge in [-0.05, 0) is 0 Å². The van der Waals surface area contributed by atoms with Gasteiger partial charge in [0.25, 0.3) is 0 Å². The van der Waals surface area contributed by atoms with Crippen LogP contribution in [0.15, 0.2) is 24.8 Å². The molecule has 0 aromatic rings. The van der Waals surface area contributed by atoms with Crippen molar-refractivity contribution in [3.63, 3.8) is 0 Å². The molecule has 0 aromatic heterocycles. The molecule has 0 aliphatic heterocycles. The first-order valence-corrected chi connectivity index (χ1v) is 2.44. The Hall–Kier alpha value is -1.36. The normalized spacial score (nSPS) is 7.44. The Bertz CT molecular complexity index is 186. The van der Waals surface area contributed by atoms with Gasteiger partial charge in [-0.25, -0.2) is 0 Å². The molecule has 2 heteroatoms. The zero-order valence-corrected chi connectivity index (χ0v) is 5.05. The fraction of sp³-hybridized carbons (Fsp3) is 0.143. The summed E-state index contributed by atoms with van der Waals surface area (Å²) < 4.78 is 0. The molecule has 2 nitrogen and oxygen atoms in total. The fourth-order valence-electron chi connectivity index (χ4n) is 0.299. The lowest BCUT2D eigenvalue weighted by Crippen LogP contribution is -1.95. The molecule has 0 aromatic carbocycles. The van der Waals surface area contributed by atoms with E-state index in [4.69, 9.17) is 5.26 Å². The van der Waals surface area contributed by atoms with Gasteiger partial charge in [-0.1, -0.05) is 19.2 Å². The molecule has 0 N–H and O–H groups in total. The zero-order valence-electron chi connectivity index (χ0n) is 5.05. The number of rotatable bonds is 3. The number of carbonyl (C=O) groups is 1. The summed E-state index contributed by atoms with van der Waals surface area (Å²) in [4.78, 5) is 10.6. The summed E-state index contributed by atoms with van der Waals surface area (Å²) >= 11 is 0. The first-order valence-electron chi connectivity index (χ1n) is 2.44. The van der Waals surface area contributed by atoms with E-state index < -0.39 is 0 Å². The number of hydrogen-bond donors (Lipinski definition) is 0. The Morgan fingerprint density at radius 2 is 2.33 bits per heavy atom. The van der Waals surface area contributed by atoms with Crippen LogP contribution in [0.25, 0.3) is 0 Å². The summed E-state index contributed by atoms with van der Waals surface area (Å²) in [6.07, 6.45) is 1.24. The molecule has 0 atom stereocenters. The molecule has 9 heavy (non-hydrogen) atoms. The third-order valence-electron chi connectivity index (χ3n) is 0.844. The lowest BCUT2D eigenvalue weighted by molar-refractivity contribution is -0.114. The monoisotopic (exact) mass is 121 g/mol. The minimum Gasteiger partial charge on any atom is -0.293 e. The van der Waals surface area contributed by atoms with Crippen LogP contribution in [0.2, 0.25) is 0 Å². The van der Waals surface area contributed by atoms with Crippen molar-refractivity contribution in [2.75, 3.05) is 0 Å². The summed E-state index contributed by atoms with van der Waals surface area (Å²) in [7, 11) is 0. The number of nitrogens with zero attached hydrogens (tertiary/aromatic N) is 1. The van der Waals surface area contributed by atoms with Crippen LogP contribution in [0.4, 0.5) is 0 Å². The second kappa shape index (κ2) is 3.62. The Morgan fingerprint density at radius 1 is 1.78 bits per heavy atom. The van der Waals surface area contributed by atoms with Gasteiger partial charge in [0.1, 0.15) is 0 Å². The Balaban J connectivity index is 3.92. The smallest absolute Gasteiger partial charge is 0.176 e. The molecule has 0 amide bonds. The van der Waals surface area contributed by atoms with Crippen LogP contribution in [-0.2, 0) is 4.79 Å². The molecule has 0 saturated carbocycles. The van der Waals surface area contributed by atoms with Gasteiger partial charge in [-0.3, -0.25) is 4.79 Å². The molecule has 0 aliphatic carbocycles. The van der Waals surface area contributed by atoms with Crippen molar-refractivity contribution in [3.8, 4) is 6.07 Å². The van der Waals surface area contributed by atoms with Gasteiger partial charge in [-0.15, -0.1) is 0 Å². The van der Waals surface area contributed by atoms with E-state index in [2.05, 4.69) is 13.2 Å². The van der Waals surface area contributed by atoms with E-state index in [-0.39, 0.29) is 12.2 Å². The first kappa shape index (κ1) is 7.64. The highest BCUT2D eigenvalue weighted by Gasteiger charge is 1.99. The largest absolute Gasteiger partial charge is 0.293 e. The zero-order chi connectivity index (χ0) is 7.28. The van der Waals surface area contributed by atoms with Crippen molar-refractivity contribution in [2.24, 2.45) is 0 Å². The van der Waals surface area contributed by atoms with Crippen molar-refractivity contribution >= 4 is 5.78 Å². The van der Waals surface area contributed by atoms with Gasteiger partial charge in [0, 0.05) is 5.57 Å². The van der Waals surface area contributed by atoms with Crippen LogP contribution in [0.3, 0.4) is 0 Å². The van der Waals surface area contributed by atoms with Crippen LogP contribution < -0.4 is 0 Å². The molecule has 0 bridgehead atoms. The van der Waals surface area contributed by atoms with Crippen molar-refractivity contribution in [3.05, 3.63) is 24.8 Å². The highest BCUT2D eigenvalue weighted by atomic mass is 16.1. The molecule has 46 valence electrons. The molecule has 0 unspecified atom stereocenters. The van der Waals surface area contributed by atoms with Gasteiger partial charge in [0.2, 0.25) is 0 Å². The molecule has 0 saturated heterocycles. The van der Waals surface area contributed by atoms with Gasteiger partial charge < -0.3 is 0 Å². The lowest BCUT2D eigenvalue weighted by Gasteiger charge is -1.88. The van der Waals surface area contributed by atoms with E-state index in [9.17, 15) is 4.79 Å².